The Morgan fingerprint density at radius 3 is 2.38 bits per heavy atom. The first kappa shape index (κ1) is 27.9. The SMILES string of the molecule is C/C=C\C.C/C=C\C=C(/C)CCCCN1CCC(c2cccc(NC(=O)C(C)C)c2)CC1. The third-order valence-corrected chi connectivity index (χ3v) is 5.94. The van der Waals surface area contributed by atoms with Gasteiger partial charge in [0.2, 0.25) is 5.91 Å². The minimum Gasteiger partial charge on any atom is -0.326 e. The van der Waals surface area contributed by atoms with Crippen LogP contribution in [0.3, 0.4) is 0 Å². The molecule has 1 aliphatic rings. The molecule has 1 amide bonds. The van der Waals surface area contributed by atoms with Gasteiger partial charge in [-0.1, -0.05) is 61.9 Å². The number of carbonyl (C=O) groups excluding carboxylic acids is 1. The van der Waals surface area contributed by atoms with E-state index in [4.69, 9.17) is 0 Å². The molecule has 1 saturated heterocycles. The maximum atomic E-state index is 11.9. The van der Waals surface area contributed by atoms with E-state index >= 15 is 0 Å². The van der Waals surface area contributed by atoms with Crippen LogP contribution in [0.5, 0.6) is 0 Å². The number of piperidine rings is 1. The minimum absolute atomic E-state index is 0.00859. The maximum Gasteiger partial charge on any atom is 0.226 e. The number of allylic oxidation sites excluding steroid dienone is 6. The summed E-state index contributed by atoms with van der Waals surface area (Å²) in [6.07, 6.45) is 16.6. The van der Waals surface area contributed by atoms with E-state index in [9.17, 15) is 4.79 Å². The standard InChI is InChI=1S/C25H38N2O.C4H8/c1-5-6-10-21(4)11-7-8-16-27-17-14-22(15-18-27)23-12-9-13-24(19-23)26-25(28)20(2)3;1-3-4-2/h5-6,9-10,12-13,19-20,22H,7-8,11,14-18H2,1-4H3,(H,26,28);3-4H,1-2H3/b6-5-,21-10+;4-3-. The molecule has 0 unspecified atom stereocenters. The topological polar surface area (TPSA) is 32.3 Å². The Kier molecular flexibility index (Phi) is 14.4. The second kappa shape index (κ2) is 16.5. The molecule has 1 fully saturated rings. The number of benzene rings is 1. The van der Waals surface area contributed by atoms with Crippen molar-refractivity contribution in [2.45, 2.75) is 79.6 Å². The summed E-state index contributed by atoms with van der Waals surface area (Å²) in [7, 11) is 0. The molecule has 1 aliphatic heterocycles. The van der Waals surface area contributed by atoms with Gasteiger partial charge in [-0.25, -0.2) is 0 Å². The van der Waals surface area contributed by atoms with Gasteiger partial charge < -0.3 is 10.2 Å². The Bertz CT molecular complexity index is 733. The van der Waals surface area contributed by atoms with E-state index < -0.39 is 0 Å². The van der Waals surface area contributed by atoms with Crippen LogP contribution < -0.4 is 5.32 Å². The normalized spacial score (nSPS) is 15.9. The number of amides is 1. The van der Waals surface area contributed by atoms with Gasteiger partial charge in [0.15, 0.2) is 0 Å². The van der Waals surface area contributed by atoms with E-state index in [0.717, 1.165) is 5.69 Å². The van der Waals surface area contributed by atoms with Crippen molar-refractivity contribution < 1.29 is 4.79 Å². The van der Waals surface area contributed by atoms with E-state index in [0.29, 0.717) is 5.92 Å². The highest BCUT2D eigenvalue weighted by molar-refractivity contribution is 5.92. The first-order chi connectivity index (χ1) is 15.4. The van der Waals surface area contributed by atoms with Crippen molar-refractivity contribution in [2.24, 2.45) is 5.92 Å². The first-order valence-electron chi connectivity index (χ1n) is 12.4. The molecule has 3 heteroatoms. The van der Waals surface area contributed by atoms with Gasteiger partial charge in [-0.2, -0.15) is 0 Å². The number of unbranched alkanes of at least 4 members (excludes halogenated alkanes) is 1. The molecular formula is C29H46N2O. The van der Waals surface area contributed by atoms with Crippen LogP contribution >= 0.6 is 0 Å². The molecule has 0 spiro atoms. The average molecular weight is 439 g/mol. The highest BCUT2D eigenvalue weighted by Gasteiger charge is 2.20. The lowest BCUT2D eigenvalue weighted by molar-refractivity contribution is -0.118. The summed E-state index contributed by atoms with van der Waals surface area (Å²) in [5.74, 6) is 0.704. The summed E-state index contributed by atoms with van der Waals surface area (Å²) in [5, 5.41) is 3.03. The zero-order chi connectivity index (χ0) is 23.8. The number of likely N-dealkylation sites (tertiary alicyclic amines) is 1. The number of nitrogens with zero attached hydrogens (tertiary/aromatic N) is 1. The van der Waals surface area contributed by atoms with Crippen molar-refractivity contribution in [3.05, 3.63) is 65.8 Å². The van der Waals surface area contributed by atoms with E-state index in [1.807, 2.05) is 45.9 Å². The molecule has 1 heterocycles. The molecule has 2 rings (SSSR count). The lowest BCUT2D eigenvalue weighted by atomic mass is 9.89. The van der Waals surface area contributed by atoms with Crippen molar-refractivity contribution in [3.63, 3.8) is 0 Å². The Morgan fingerprint density at radius 2 is 1.78 bits per heavy atom. The van der Waals surface area contributed by atoms with Crippen LogP contribution in [0.25, 0.3) is 0 Å². The summed E-state index contributed by atoms with van der Waals surface area (Å²) < 4.78 is 0. The number of rotatable bonds is 9. The third-order valence-electron chi connectivity index (χ3n) is 5.94. The second-order valence-electron chi connectivity index (χ2n) is 9.05. The number of hydrogen-bond donors (Lipinski definition) is 1. The number of nitrogens with one attached hydrogen (secondary N) is 1. The van der Waals surface area contributed by atoms with Gasteiger partial charge >= 0.3 is 0 Å². The van der Waals surface area contributed by atoms with Crippen LogP contribution in [0.4, 0.5) is 5.69 Å². The fourth-order valence-corrected chi connectivity index (χ4v) is 3.73. The predicted molar refractivity (Wildman–Crippen MR) is 141 cm³/mol. The van der Waals surface area contributed by atoms with Crippen molar-refractivity contribution in [1.82, 2.24) is 4.90 Å². The number of hydrogen-bond acceptors (Lipinski definition) is 2. The largest absolute Gasteiger partial charge is 0.326 e. The van der Waals surface area contributed by atoms with Crippen LogP contribution in [0.15, 0.2) is 60.2 Å². The quantitative estimate of drug-likeness (QED) is 0.243. The molecule has 1 N–H and O–H groups in total. The number of anilines is 1. The molecule has 1 aromatic rings. The Balaban J connectivity index is 0.00000118. The van der Waals surface area contributed by atoms with Gasteiger partial charge in [-0.05, 0) is 103 Å². The summed E-state index contributed by atoms with van der Waals surface area (Å²) in [6, 6.07) is 8.44. The maximum absolute atomic E-state index is 11.9. The average Bonchev–Trinajstić information content (AvgIpc) is 2.81. The second-order valence-corrected chi connectivity index (χ2v) is 9.05. The molecule has 0 saturated carbocycles. The Morgan fingerprint density at radius 1 is 1.09 bits per heavy atom. The fourth-order valence-electron chi connectivity index (χ4n) is 3.73. The van der Waals surface area contributed by atoms with E-state index in [1.165, 1.54) is 62.9 Å². The Labute approximate surface area is 197 Å². The summed E-state index contributed by atoms with van der Waals surface area (Å²) in [5.41, 5.74) is 3.77. The Hall–Kier alpha value is -2.13. The lowest BCUT2D eigenvalue weighted by Gasteiger charge is -2.32. The van der Waals surface area contributed by atoms with Crippen LogP contribution in [0, 0.1) is 5.92 Å². The van der Waals surface area contributed by atoms with Gasteiger partial charge in [0, 0.05) is 11.6 Å². The van der Waals surface area contributed by atoms with Gasteiger partial charge in [0.25, 0.3) is 0 Å². The molecule has 0 radical (unpaired) electrons. The highest BCUT2D eigenvalue weighted by atomic mass is 16.1. The van der Waals surface area contributed by atoms with Gasteiger partial charge in [-0.3, -0.25) is 4.79 Å². The molecular weight excluding hydrogens is 392 g/mol. The van der Waals surface area contributed by atoms with Crippen LogP contribution in [0.1, 0.15) is 85.1 Å². The predicted octanol–water partition coefficient (Wildman–Crippen LogP) is 7.74. The number of carbonyl (C=O) groups is 1. The van der Waals surface area contributed by atoms with Crippen molar-refractivity contribution in [1.29, 1.82) is 0 Å². The molecule has 32 heavy (non-hydrogen) atoms. The molecule has 0 aliphatic carbocycles. The van der Waals surface area contributed by atoms with E-state index in [2.05, 4.69) is 60.5 Å². The molecule has 1 aromatic carbocycles. The monoisotopic (exact) mass is 438 g/mol. The minimum atomic E-state index is 0.00859. The molecule has 3 nitrogen and oxygen atoms in total. The molecule has 0 aromatic heterocycles. The molecule has 0 atom stereocenters. The summed E-state index contributed by atoms with van der Waals surface area (Å²) in [6.45, 7) is 15.7. The van der Waals surface area contributed by atoms with Crippen molar-refractivity contribution in [2.75, 3.05) is 25.0 Å². The lowest BCUT2D eigenvalue weighted by Crippen LogP contribution is -2.33. The van der Waals surface area contributed by atoms with Crippen molar-refractivity contribution >= 4 is 11.6 Å². The van der Waals surface area contributed by atoms with Crippen LogP contribution in [0.2, 0.25) is 0 Å². The highest BCUT2D eigenvalue weighted by Crippen LogP contribution is 2.29. The molecule has 178 valence electrons. The van der Waals surface area contributed by atoms with Crippen molar-refractivity contribution in [3.8, 4) is 0 Å². The summed E-state index contributed by atoms with van der Waals surface area (Å²) >= 11 is 0. The van der Waals surface area contributed by atoms with Crippen LogP contribution in [-0.4, -0.2) is 30.4 Å². The van der Waals surface area contributed by atoms with Gasteiger partial charge in [0.05, 0.1) is 0 Å². The first-order valence-corrected chi connectivity index (χ1v) is 12.4. The van der Waals surface area contributed by atoms with Gasteiger partial charge in [0.1, 0.15) is 0 Å². The van der Waals surface area contributed by atoms with E-state index in [-0.39, 0.29) is 11.8 Å². The smallest absolute Gasteiger partial charge is 0.226 e. The molecule has 0 bridgehead atoms. The van der Waals surface area contributed by atoms with E-state index in [1.54, 1.807) is 0 Å². The van der Waals surface area contributed by atoms with Gasteiger partial charge in [-0.15, -0.1) is 0 Å². The zero-order valence-electron chi connectivity index (χ0n) is 21.4. The summed E-state index contributed by atoms with van der Waals surface area (Å²) in [4.78, 5) is 14.6. The fraction of sp³-hybridized carbons (Fsp3) is 0.552. The van der Waals surface area contributed by atoms with Crippen LogP contribution in [-0.2, 0) is 4.79 Å². The zero-order valence-corrected chi connectivity index (χ0v) is 21.4. The third kappa shape index (κ3) is 11.5.